The highest BCUT2D eigenvalue weighted by molar-refractivity contribution is 5.77. The third kappa shape index (κ3) is 2.93. The molecule has 0 spiro atoms. The standard InChI is InChI=1S/C12H20N2O4/c15-7-6-14(9-2-3-9)11(18)13-12(4-1-5-12)8-10(16)17/h9,15H,1-8H2,(H,13,18)(H,16,17). The lowest BCUT2D eigenvalue weighted by molar-refractivity contribution is -0.139. The van der Waals surface area contributed by atoms with E-state index in [0.717, 1.165) is 32.1 Å². The molecule has 0 aliphatic heterocycles. The molecular weight excluding hydrogens is 236 g/mol. The highest BCUT2D eigenvalue weighted by atomic mass is 16.4. The molecule has 0 aromatic rings. The zero-order valence-corrected chi connectivity index (χ0v) is 10.4. The van der Waals surface area contributed by atoms with Crippen LogP contribution in [0.25, 0.3) is 0 Å². The number of rotatable bonds is 6. The van der Waals surface area contributed by atoms with Crippen LogP contribution in [0.1, 0.15) is 38.5 Å². The summed E-state index contributed by atoms with van der Waals surface area (Å²) in [6, 6.07) is -0.00777. The summed E-state index contributed by atoms with van der Waals surface area (Å²) in [5.41, 5.74) is -0.564. The van der Waals surface area contributed by atoms with Crippen molar-refractivity contribution in [2.45, 2.75) is 50.1 Å². The number of nitrogens with one attached hydrogen (secondary N) is 1. The number of aliphatic hydroxyl groups excluding tert-OH is 1. The van der Waals surface area contributed by atoms with Crippen LogP contribution in [-0.4, -0.2) is 51.8 Å². The van der Waals surface area contributed by atoms with Gasteiger partial charge >= 0.3 is 12.0 Å². The fraction of sp³-hybridized carbons (Fsp3) is 0.833. The maximum absolute atomic E-state index is 12.1. The number of aliphatic carboxylic acids is 1. The van der Waals surface area contributed by atoms with Gasteiger partial charge in [0.25, 0.3) is 0 Å². The normalized spacial score (nSPS) is 20.9. The molecule has 0 radical (unpaired) electrons. The Morgan fingerprint density at radius 2 is 2.00 bits per heavy atom. The van der Waals surface area contributed by atoms with E-state index in [-0.39, 0.29) is 25.1 Å². The molecule has 2 aliphatic rings. The van der Waals surface area contributed by atoms with Crippen LogP contribution in [0.2, 0.25) is 0 Å². The quantitative estimate of drug-likeness (QED) is 0.647. The molecule has 2 fully saturated rings. The van der Waals surface area contributed by atoms with Gasteiger partial charge in [-0.05, 0) is 32.1 Å². The summed E-state index contributed by atoms with van der Waals surface area (Å²) in [7, 11) is 0. The van der Waals surface area contributed by atoms with E-state index in [0.29, 0.717) is 6.54 Å². The Morgan fingerprint density at radius 3 is 2.39 bits per heavy atom. The number of nitrogens with zero attached hydrogens (tertiary/aromatic N) is 1. The van der Waals surface area contributed by atoms with Gasteiger partial charge in [-0.2, -0.15) is 0 Å². The number of hydrogen-bond acceptors (Lipinski definition) is 3. The molecule has 0 aromatic carbocycles. The zero-order chi connectivity index (χ0) is 13.2. The molecule has 102 valence electrons. The first-order valence-electron chi connectivity index (χ1n) is 6.48. The number of carboxylic acid groups (broad SMARTS) is 1. The van der Waals surface area contributed by atoms with Crippen molar-refractivity contribution in [3.8, 4) is 0 Å². The van der Waals surface area contributed by atoms with Crippen molar-refractivity contribution >= 4 is 12.0 Å². The molecule has 2 amide bonds. The van der Waals surface area contributed by atoms with Gasteiger partial charge in [0.2, 0.25) is 0 Å². The fourth-order valence-corrected chi connectivity index (χ4v) is 2.48. The molecule has 18 heavy (non-hydrogen) atoms. The first-order valence-corrected chi connectivity index (χ1v) is 6.48. The summed E-state index contributed by atoms with van der Waals surface area (Å²) in [5.74, 6) is -0.880. The molecule has 0 unspecified atom stereocenters. The molecule has 0 heterocycles. The van der Waals surface area contributed by atoms with E-state index in [1.165, 1.54) is 0 Å². The topological polar surface area (TPSA) is 89.9 Å². The van der Waals surface area contributed by atoms with Gasteiger partial charge in [-0.15, -0.1) is 0 Å². The molecule has 0 atom stereocenters. The summed E-state index contributed by atoms with van der Waals surface area (Å²) < 4.78 is 0. The van der Waals surface area contributed by atoms with Gasteiger partial charge in [-0.1, -0.05) is 0 Å². The number of urea groups is 1. The van der Waals surface area contributed by atoms with Gasteiger partial charge in [-0.25, -0.2) is 4.79 Å². The van der Waals surface area contributed by atoms with Crippen molar-refractivity contribution in [3.05, 3.63) is 0 Å². The Balaban J connectivity index is 1.93. The molecule has 2 rings (SSSR count). The van der Waals surface area contributed by atoms with Gasteiger partial charge in [0.05, 0.1) is 18.6 Å². The molecule has 6 heteroatoms. The summed E-state index contributed by atoms with van der Waals surface area (Å²) in [6.07, 6.45) is 4.33. The first kappa shape index (κ1) is 13.1. The van der Waals surface area contributed by atoms with Gasteiger partial charge in [0, 0.05) is 12.6 Å². The highest BCUT2D eigenvalue weighted by Gasteiger charge is 2.42. The van der Waals surface area contributed by atoms with E-state index in [2.05, 4.69) is 5.32 Å². The molecule has 2 aliphatic carbocycles. The number of carbonyl (C=O) groups excluding carboxylic acids is 1. The minimum Gasteiger partial charge on any atom is -0.481 e. The maximum atomic E-state index is 12.1. The minimum absolute atomic E-state index is 0.0175. The zero-order valence-electron chi connectivity index (χ0n) is 10.4. The average molecular weight is 256 g/mol. The van der Waals surface area contributed by atoms with E-state index in [9.17, 15) is 9.59 Å². The van der Waals surface area contributed by atoms with Crippen molar-refractivity contribution in [2.24, 2.45) is 0 Å². The van der Waals surface area contributed by atoms with Crippen molar-refractivity contribution in [1.29, 1.82) is 0 Å². The lowest BCUT2D eigenvalue weighted by atomic mass is 9.74. The average Bonchev–Trinajstić information content (AvgIpc) is 3.05. The summed E-state index contributed by atoms with van der Waals surface area (Å²) in [5, 5.41) is 20.7. The van der Waals surface area contributed by atoms with Crippen LogP contribution < -0.4 is 5.32 Å². The van der Waals surface area contributed by atoms with Gasteiger partial charge in [-0.3, -0.25) is 4.79 Å². The van der Waals surface area contributed by atoms with Crippen LogP contribution >= 0.6 is 0 Å². The first-order chi connectivity index (χ1) is 8.56. The second-order valence-corrected chi connectivity index (χ2v) is 5.28. The highest BCUT2D eigenvalue weighted by Crippen LogP contribution is 2.36. The van der Waals surface area contributed by atoms with E-state index < -0.39 is 11.5 Å². The van der Waals surface area contributed by atoms with Crippen LogP contribution in [0.4, 0.5) is 4.79 Å². The number of amides is 2. The minimum atomic E-state index is -0.880. The Kier molecular flexibility index (Phi) is 3.75. The predicted octanol–water partition coefficient (Wildman–Crippen LogP) is 0.550. The van der Waals surface area contributed by atoms with Crippen LogP contribution in [0, 0.1) is 0 Å². The number of hydrogen-bond donors (Lipinski definition) is 3. The second kappa shape index (κ2) is 5.14. The lowest BCUT2D eigenvalue weighted by Crippen LogP contribution is -2.58. The van der Waals surface area contributed by atoms with Crippen molar-refractivity contribution in [1.82, 2.24) is 10.2 Å². The predicted molar refractivity (Wildman–Crippen MR) is 64.2 cm³/mol. The molecular formula is C12H20N2O4. The van der Waals surface area contributed by atoms with Crippen LogP contribution in [0.5, 0.6) is 0 Å². The van der Waals surface area contributed by atoms with Crippen molar-refractivity contribution in [3.63, 3.8) is 0 Å². The van der Waals surface area contributed by atoms with E-state index in [1.807, 2.05) is 0 Å². The van der Waals surface area contributed by atoms with Crippen molar-refractivity contribution < 1.29 is 19.8 Å². The van der Waals surface area contributed by atoms with Crippen LogP contribution in [-0.2, 0) is 4.79 Å². The molecule has 0 bridgehead atoms. The molecule has 0 aromatic heterocycles. The maximum Gasteiger partial charge on any atom is 0.318 e. The van der Waals surface area contributed by atoms with E-state index >= 15 is 0 Å². The molecule has 0 saturated heterocycles. The number of carbonyl (C=O) groups is 2. The summed E-state index contributed by atoms with van der Waals surface area (Å²) in [6.45, 7) is 0.259. The second-order valence-electron chi connectivity index (χ2n) is 5.28. The van der Waals surface area contributed by atoms with Crippen LogP contribution in [0.3, 0.4) is 0 Å². The number of carboxylic acids is 1. The third-order valence-electron chi connectivity index (χ3n) is 3.76. The number of aliphatic hydroxyl groups is 1. The van der Waals surface area contributed by atoms with E-state index in [1.54, 1.807) is 4.90 Å². The summed E-state index contributed by atoms with van der Waals surface area (Å²) >= 11 is 0. The fourth-order valence-electron chi connectivity index (χ4n) is 2.48. The van der Waals surface area contributed by atoms with Crippen LogP contribution in [0.15, 0.2) is 0 Å². The Morgan fingerprint density at radius 1 is 1.33 bits per heavy atom. The smallest absolute Gasteiger partial charge is 0.318 e. The molecule has 6 nitrogen and oxygen atoms in total. The van der Waals surface area contributed by atoms with Gasteiger partial charge < -0.3 is 20.4 Å². The summed E-state index contributed by atoms with van der Waals surface area (Å²) in [4.78, 5) is 24.6. The van der Waals surface area contributed by atoms with Crippen molar-refractivity contribution in [2.75, 3.05) is 13.2 Å². The Hall–Kier alpha value is -1.30. The third-order valence-corrected chi connectivity index (χ3v) is 3.76. The Labute approximate surface area is 106 Å². The van der Waals surface area contributed by atoms with Gasteiger partial charge in [0.1, 0.15) is 0 Å². The largest absolute Gasteiger partial charge is 0.481 e. The molecule has 2 saturated carbocycles. The SMILES string of the molecule is O=C(O)CC1(NC(=O)N(CCO)C2CC2)CCC1. The van der Waals surface area contributed by atoms with Gasteiger partial charge in [0.15, 0.2) is 0 Å². The molecule has 3 N–H and O–H groups in total. The Bertz CT molecular complexity index is 337. The monoisotopic (exact) mass is 256 g/mol. The lowest BCUT2D eigenvalue weighted by Gasteiger charge is -2.42. The van der Waals surface area contributed by atoms with E-state index in [4.69, 9.17) is 10.2 Å².